The summed E-state index contributed by atoms with van der Waals surface area (Å²) in [7, 11) is 3.84. The number of carboxylic acid groups (broad SMARTS) is 1. The molecule has 0 aliphatic carbocycles. The molecule has 12 heavy (non-hydrogen) atoms. The molecule has 0 aromatic heterocycles. The van der Waals surface area contributed by atoms with Crippen molar-refractivity contribution in [3.05, 3.63) is 0 Å². The van der Waals surface area contributed by atoms with Crippen LogP contribution in [0.1, 0.15) is 12.8 Å². The first-order valence-corrected chi connectivity index (χ1v) is 3.85. The molecular formula is C8H14N2O2. The monoisotopic (exact) mass is 170 g/mol. The third kappa shape index (κ3) is 4.69. The van der Waals surface area contributed by atoms with Crippen molar-refractivity contribution in [2.24, 2.45) is 5.92 Å². The smallest absolute Gasteiger partial charge is 0.320 e. The highest BCUT2D eigenvalue weighted by molar-refractivity contribution is 5.72. The van der Waals surface area contributed by atoms with E-state index in [0.717, 1.165) is 13.0 Å². The molecule has 0 saturated carbocycles. The second-order valence-electron chi connectivity index (χ2n) is 2.97. The van der Waals surface area contributed by atoms with Gasteiger partial charge in [0.2, 0.25) is 0 Å². The van der Waals surface area contributed by atoms with Gasteiger partial charge in [-0.05, 0) is 33.5 Å². The summed E-state index contributed by atoms with van der Waals surface area (Å²) in [6.45, 7) is 0.825. The van der Waals surface area contributed by atoms with E-state index in [2.05, 4.69) is 0 Å². The van der Waals surface area contributed by atoms with Crippen LogP contribution in [0.3, 0.4) is 0 Å². The zero-order valence-corrected chi connectivity index (χ0v) is 7.45. The lowest BCUT2D eigenvalue weighted by Crippen LogP contribution is -2.17. The summed E-state index contributed by atoms with van der Waals surface area (Å²) in [5, 5.41) is 16.9. The van der Waals surface area contributed by atoms with E-state index in [1.54, 1.807) is 6.07 Å². The fraction of sp³-hybridized carbons (Fsp3) is 0.750. The van der Waals surface area contributed by atoms with Crippen LogP contribution in [-0.2, 0) is 4.79 Å². The predicted molar refractivity (Wildman–Crippen MR) is 44.5 cm³/mol. The third-order valence-electron chi connectivity index (χ3n) is 1.55. The Hall–Kier alpha value is -1.08. The zero-order valence-electron chi connectivity index (χ0n) is 7.45. The van der Waals surface area contributed by atoms with E-state index in [0.29, 0.717) is 6.42 Å². The minimum absolute atomic E-state index is 0.435. The van der Waals surface area contributed by atoms with Gasteiger partial charge in [-0.25, -0.2) is 0 Å². The molecule has 0 aromatic carbocycles. The zero-order chi connectivity index (χ0) is 9.56. The Balaban J connectivity index is 3.61. The summed E-state index contributed by atoms with van der Waals surface area (Å²) in [5.41, 5.74) is 0. The molecule has 4 heteroatoms. The number of carbonyl (C=O) groups is 1. The quantitative estimate of drug-likeness (QED) is 0.654. The number of carboxylic acids is 1. The van der Waals surface area contributed by atoms with Crippen LogP contribution in [-0.4, -0.2) is 36.6 Å². The van der Waals surface area contributed by atoms with Gasteiger partial charge < -0.3 is 10.0 Å². The van der Waals surface area contributed by atoms with Crippen molar-refractivity contribution in [2.75, 3.05) is 20.6 Å². The topological polar surface area (TPSA) is 64.3 Å². The van der Waals surface area contributed by atoms with Crippen molar-refractivity contribution in [3.63, 3.8) is 0 Å². The lowest BCUT2D eigenvalue weighted by atomic mass is 10.1. The minimum Gasteiger partial charge on any atom is -0.480 e. The van der Waals surface area contributed by atoms with Crippen LogP contribution >= 0.6 is 0 Å². The molecule has 0 aromatic rings. The molecule has 1 unspecified atom stereocenters. The average molecular weight is 170 g/mol. The first-order chi connectivity index (χ1) is 5.57. The number of nitrogens with zero attached hydrogens (tertiary/aromatic N) is 2. The van der Waals surface area contributed by atoms with Crippen LogP contribution in [0, 0.1) is 17.2 Å². The molecule has 0 bridgehead atoms. The summed E-state index contributed by atoms with van der Waals surface area (Å²) in [6.07, 6.45) is 1.18. The van der Waals surface area contributed by atoms with Gasteiger partial charge in [0.05, 0.1) is 6.07 Å². The summed E-state index contributed by atoms with van der Waals surface area (Å²) >= 11 is 0. The van der Waals surface area contributed by atoms with E-state index in [-0.39, 0.29) is 0 Å². The van der Waals surface area contributed by atoms with Gasteiger partial charge in [-0.1, -0.05) is 0 Å². The van der Waals surface area contributed by atoms with Crippen LogP contribution in [0.25, 0.3) is 0 Å². The maximum Gasteiger partial charge on any atom is 0.320 e. The Morgan fingerprint density at radius 3 is 2.58 bits per heavy atom. The van der Waals surface area contributed by atoms with Gasteiger partial charge in [-0.2, -0.15) is 5.26 Å². The van der Waals surface area contributed by atoms with Crippen molar-refractivity contribution in [1.82, 2.24) is 4.90 Å². The standard InChI is InChI=1S/C8H14N2O2/c1-10(2)5-3-4-7(6-9)8(11)12/h7H,3-5H2,1-2H3,(H,11,12). The second kappa shape index (κ2) is 5.56. The van der Waals surface area contributed by atoms with Crippen LogP contribution in [0.2, 0.25) is 0 Å². The molecule has 0 radical (unpaired) electrons. The Morgan fingerprint density at radius 2 is 2.25 bits per heavy atom. The van der Waals surface area contributed by atoms with Gasteiger partial charge in [0.25, 0.3) is 0 Å². The number of hydrogen-bond acceptors (Lipinski definition) is 3. The van der Waals surface area contributed by atoms with E-state index in [1.807, 2.05) is 19.0 Å². The van der Waals surface area contributed by atoms with Crippen molar-refractivity contribution in [2.45, 2.75) is 12.8 Å². The first-order valence-electron chi connectivity index (χ1n) is 3.85. The molecule has 0 aliphatic heterocycles. The molecule has 4 nitrogen and oxygen atoms in total. The fourth-order valence-electron chi connectivity index (χ4n) is 0.855. The van der Waals surface area contributed by atoms with Crippen molar-refractivity contribution < 1.29 is 9.90 Å². The van der Waals surface area contributed by atoms with Crippen molar-refractivity contribution in [1.29, 1.82) is 5.26 Å². The highest BCUT2D eigenvalue weighted by Crippen LogP contribution is 2.05. The van der Waals surface area contributed by atoms with Gasteiger partial charge in [0, 0.05) is 0 Å². The van der Waals surface area contributed by atoms with Gasteiger partial charge in [0.1, 0.15) is 5.92 Å². The highest BCUT2D eigenvalue weighted by Gasteiger charge is 2.15. The van der Waals surface area contributed by atoms with E-state index >= 15 is 0 Å². The molecule has 0 heterocycles. The van der Waals surface area contributed by atoms with Gasteiger partial charge in [0.15, 0.2) is 0 Å². The van der Waals surface area contributed by atoms with Crippen LogP contribution in [0.5, 0.6) is 0 Å². The number of aliphatic carboxylic acids is 1. The van der Waals surface area contributed by atoms with E-state index in [4.69, 9.17) is 10.4 Å². The lowest BCUT2D eigenvalue weighted by Gasteiger charge is -2.09. The summed E-state index contributed by atoms with van der Waals surface area (Å²) in [5.74, 6) is -1.86. The number of nitriles is 1. The van der Waals surface area contributed by atoms with E-state index in [1.165, 1.54) is 0 Å². The maximum absolute atomic E-state index is 10.4. The predicted octanol–water partition coefficient (Wildman–Crippen LogP) is 0.553. The third-order valence-corrected chi connectivity index (χ3v) is 1.55. The van der Waals surface area contributed by atoms with Gasteiger partial charge >= 0.3 is 5.97 Å². The molecule has 1 N–H and O–H groups in total. The molecule has 68 valence electrons. The SMILES string of the molecule is CN(C)CCCC(C#N)C(=O)O. The van der Waals surface area contributed by atoms with Crippen molar-refractivity contribution >= 4 is 5.97 Å². The maximum atomic E-state index is 10.4. The molecule has 1 atom stereocenters. The Kier molecular flexibility index (Phi) is 5.06. The first kappa shape index (κ1) is 10.9. The van der Waals surface area contributed by atoms with E-state index < -0.39 is 11.9 Å². The molecule has 0 amide bonds. The van der Waals surface area contributed by atoms with Crippen molar-refractivity contribution in [3.8, 4) is 6.07 Å². The molecule has 0 aliphatic rings. The number of rotatable bonds is 5. The van der Waals surface area contributed by atoms with Crippen LogP contribution in [0.15, 0.2) is 0 Å². The lowest BCUT2D eigenvalue weighted by molar-refractivity contribution is -0.140. The Morgan fingerprint density at radius 1 is 1.67 bits per heavy atom. The molecule has 0 rings (SSSR count). The second-order valence-corrected chi connectivity index (χ2v) is 2.97. The Labute approximate surface area is 72.4 Å². The molecule has 0 saturated heterocycles. The number of hydrogen-bond donors (Lipinski definition) is 1. The molecule has 0 spiro atoms. The summed E-state index contributed by atoms with van der Waals surface area (Å²) < 4.78 is 0. The normalized spacial score (nSPS) is 12.5. The molecular weight excluding hydrogens is 156 g/mol. The minimum atomic E-state index is -1.02. The van der Waals surface area contributed by atoms with Gasteiger partial charge in [-0.15, -0.1) is 0 Å². The van der Waals surface area contributed by atoms with Crippen LogP contribution < -0.4 is 0 Å². The summed E-state index contributed by atoms with van der Waals surface area (Å²) in [6, 6.07) is 1.76. The van der Waals surface area contributed by atoms with E-state index in [9.17, 15) is 4.79 Å². The largest absolute Gasteiger partial charge is 0.480 e. The molecule has 0 fully saturated rings. The summed E-state index contributed by atoms with van der Waals surface area (Å²) in [4.78, 5) is 12.3. The fourth-order valence-corrected chi connectivity index (χ4v) is 0.855. The van der Waals surface area contributed by atoms with Crippen LogP contribution in [0.4, 0.5) is 0 Å². The average Bonchev–Trinajstić information content (AvgIpc) is 1.96. The Bertz CT molecular complexity index is 184. The van der Waals surface area contributed by atoms with Gasteiger partial charge in [-0.3, -0.25) is 4.79 Å². The highest BCUT2D eigenvalue weighted by atomic mass is 16.4.